The number of hydrogen-bond acceptors (Lipinski definition) is 4. The molecule has 0 spiro atoms. The predicted octanol–water partition coefficient (Wildman–Crippen LogP) is 2.17. The number of benzene rings is 2. The largest absolute Gasteiger partial charge is 0.484 e. The van der Waals surface area contributed by atoms with Crippen LogP contribution in [0.15, 0.2) is 53.4 Å². The van der Waals surface area contributed by atoms with Crippen molar-refractivity contribution in [1.82, 2.24) is 10.3 Å². The average Bonchev–Trinajstić information content (AvgIpc) is 2.60. The van der Waals surface area contributed by atoms with E-state index in [9.17, 15) is 17.6 Å². The molecule has 0 aromatic heterocycles. The normalized spacial score (nSPS) is 11.1. The van der Waals surface area contributed by atoms with E-state index in [-0.39, 0.29) is 4.90 Å². The van der Waals surface area contributed by atoms with Crippen LogP contribution in [0.1, 0.15) is 18.9 Å². The van der Waals surface area contributed by atoms with Gasteiger partial charge in [-0.15, -0.1) is 4.83 Å². The highest BCUT2D eigenvalue weighted by Gasteiger charge is 2.15. The molecular weight excluding hydrogens is 347 g/mol. The highest BCUT2D eigenvalue weighted by molar-refractivity contribution is 7.89. The molecule has 2 aromatic carbocycles. The van der Waals surface area contributed by atoms with E-state index in [4.69, 9.17) is 4.74 Å². The maximum atomic E-state index is 12.8. The molecule has 0 saturated carbocycles. The second-order valence-electron chi connectivity index (χ2n) is 5.29. The van der Waals surface area contributed by atoms with Gasteiger partial charge in [-0.25, -0.2) is 12.8 Å². The smallest absolute Gasteiger partial charge is 0.272 e. The molecule has 0 aliphatic heterocycles. The number of rotatable bonds is 8. The maximum Gasteiger partial charge on any atom is 0.272 e. The zero-order valence-corrected chi connectivity index (χ0v) is 14.5. The first-order valence-corrected chi connectivity index (χ1v) is 9.17. The van der Waals surface area contributed by atoms with Crippen LogP contribution in [-0.2, 0) is 21.2 Å². The molecular formula is C17H19FN2O4S. The van der Waals surface area contributed by atoms with Gasteiger partial charge in [-0.2, -0.15) is 0 Å². The van der Waals surface area contributed by atoms with Crippen LogP contribution in [0.25, 0.3) is 0 Å². The summed E-state index contributed by atoms with van der Waals surface area (Å²) in [5, 5.41) is 0. The molecule has 0 heterocycles. The van der Waals surface area contributed by atoms with Gasteiger partial charge < -0.3 is 4.74 Å². The number of carbonyl (C=O) groups is 1. The monoisotopic (exact) mass is 366 g/mol. The fraction of sp³-hybridized carbons (Fsp3) is 0.235. The number of sulfonamides is 1. The Kier molecular flexibility index (Phi) is 6.49. The fourth-order valence-corrected chi connectivity index (χ4v) is 2.88. The third-order valence-corrected chi connectivity index (χ3v) is 4.54. The zero-order valence-electron chi connectivity index (χ0n) is 13.7. The summed E-state index contributed by atoms with van der Waals surface area (Å²) >= 11 is 0. The van der Waals surface area contributed by atoms with Crippen molar-refractivity contribution in [2.24, 2.45) is 0 Å². The van der Waals surface area contributed by atoms with Gasteiger partial charge in [0.05, 0.1) is 4.90 Å². The van der Waals surface area contributed by atoms with Gasteiger partial charge in [0, 0.05) is 0 Å². The first kappa shape index (κ1) is 18.9. The molecule has 0 saturated heterocycles. The lowest BCUT2D eigenvalue weighted by Gasteiger charge is -2.10. The molecule has 0 radical (unpaired) electrons. The van der Waals surface area contributed by atoms with Crippen molar-refractivity contribution in [2.45, 2.75) is 24.7 Å². The van der Waals surface area contributed by atoms with Gasteiger partial charge in [0.25, 0.3) is 15.9 Å². The highest BCUT2D eigenvalue weighted by Crippen LogP contribution is 2.12. The number of hydrogen-bond donors (Lipinski definition) is 2. The lowest BCUT2D eigenvalue weighted by atomic mass is 10.1. The van der Waals surface area contributed by atoms with Crippen LogP contribution in [0.3, 0.4) is 0 Å². The lowest BCUT2D eigenvalue weighted by Crippen LogP contribution is -2.43. The molecule has 8 heteroatoms. The molecule has 1 amide bonds. The molecule has 2 aromatic rings. The molecule has 0 bridgehead atoms. The fourth-order valence-electron chi connectivity index (χ4n) is 2.02. The Morgan fingerprint density at radius 1 is 1.08 bits per heavy atom. The van der Waals surface area contributed by atoms with Gasteiger partial charge >= 0.3 is 0 Å². The van der Waals surface area contributed by atoms with Gasteiger partial charge in [-0.05, 0) is 48.4 Å². The average molecular weight is 366 g/mol. The quantitative estimate of drug-likeness (QED) is 0.701. The van der Waals surface area contributed by atoms with Crippen LogP contribution in [0, 0.1) is 5.82 Å². The van der Waals surface area contributed by atoms with Crippen LogP contribution in [0.2, 0.25) is 0 Å². The Morgan fingerprint density at radius 3 is 2.32 bits per heavy atom. The van der Waals surface area contributed by atoms with Crippen molar-refractivity contribution in [3.63, 3.8) is 0 Å². The molecule has 0 aliphatic carbocycles. The van der Waals surface area contributed by atoms with E-state index in [0.29, 0.717) is 5.75 Å². The summed E-state index contributed by atoms with van der Waals surface area (Å²) in [4.78, 5) is 13.7. The number of ether oxygens (including phenoxy) is 1. The number of aryl methyl sites for hydroxylation is 1. The summed E-state index contributed by atoms with van der Waals surface area (Å²) in [7, 11) is -3.86. The molecule has 0 aliphatic rings. The standard InChI is InChI=1S/C17H19FN2O4S/c1-2-3-13-4-10-16(11-5-13)25(22,23)20-19-17(21)12-24-15-8-6-14(18)7-9-15/h4-11,20H,2-3,12H2,1H3,(H,19,21). The van der Waals surface area contributed by atoms with Crippen molar-refractivity contribution >= 4 is 15.9 Å². The molecule has 0 atom stereocenters. The minimum absolute atomic E-state index is 0.0482. The van der Waals surface area contributed by atoms with Crippen molar-refractivity contribution < 1.29 is 22.3 Å². The summed E-state index contributed by atoms with van der Waals surface area (Å²) in [5.74, 6) is -0.809. The summed E-state index contributed by atoms with van der Waals surface area (Å²) in [6, 6.07) is 11.5. The van der Waals surface area contributed by atoms with Gasteiger partial charge in [0.2, 0.25) is 0 Å². The number of hydrazine groups is 1. The number of amides is 1. The van der Waals surface area contributed by atoms with Crippen molar-refractivity contribution in [1.29, 1.82) is 0 Å². The van der Waals surface area contributed by atoms with E-state index >= 15 is 0 Å². The summed E-state index contributed by atoms with van der Waals surface area (Å²) in [5.41, 5.74) is 3.11. The predicted molar refractivity (Wildman–Crippen MR) is 90.8 cm³/mol. The second kappa shape index (κ2) is 8.59. The van der Waals surface area contributed by atoms with E-state index in [1.54, 1.807) is 12.1 Å². The van der Waals surface area contributed by atoms with Crippen LogP contribution in [-0.4, -0.2) is 20.9 Å². The Morgan fingerprint density at radius 2 is 1.72 bits per heavy atom. The summed E-state index contributed by atoms with van der Waals surface area (Å²) in [6.45, 7) is 1.62. The van der Waals surface area contributed by atoms with Crippen LogP contribution < -0.4 is 15.0 Å². The SMILES string of the molecule is CCCc1ccc(S(=O)(=O)NNC(=O)COc2ccc(F)cc2)cc1. The van der Waals surface area contributed by atoms with Crippen molar-refractivity contribution in [2.75, 3.05) is 6.61 Å². The third-order valence-electron chi connectivity index (χ3n) is 3.28. The highest BCUT2D eigenvalue weighted by atomic mass is 32.2. The van der Waals surface area contributed by atoms with Crippen molar-refractivity contribution in [3.8, 4) is 5.75 Å². The Balaban J connectivity index is 1.85. The zero-order chi connectivity index (χ0) is 18.3. The van der Waals surface area contributed by atoms with Gasteiger partial charge in [0.1, 0.15) is 11.6 Å². The van der Waals surface area contributed by atoms with Gasteiger partial charge in [0.15, 0.2) is 6.61 Å². The Labute approximate surface area is 146 Å². The van der Waals surface area contributed by atoms with Gasteiger partial charge in [-0.1, -0.05) is 25.5 Å². The van der Waals surface area contributed by atoms with E-state index in [1.807, 2.05) is 11.8 Å². The molecule has 2 N–H and O–H groups in total. The first-order chi connectivity index (χ1) is 11.9. The van der Waals surface area contributed by atoms with E-state index in [0.717, 1.165) is 18.4 Å². The lowest BCUT2D eigenvalue weighted by molar-refractivity contribution is -0.123. The van der Waals surface area contributed by atoms with Gasteiger partial charge in [-0.3, -0.25) is 10.2 Å². The Hall–Kier alpha value is -2.45. The molecule has 134 valence electrons. The maximum absolute atomic E-state index is 12.8. The minimum Gasteiger partial charge on any atom is -0.484 e. The summed E-state index contributed by atoms with van der Waals surface area (Å²) in [6.07, 6.45) is 1.83. The molecule has 0 unspecified atom stereocenters. The topological polar surface area (TPSA) is 84.5 Å². The molecule has 25 heavy (non-hydrogen) atoms. The number of nitrogens with one attached hydrogen (secondary N) is 2. The van der Waals surface area contributed by atoms with Crippen LogP contribution in [0.4, 0.5) is 4.39 Å². The van der Waals surface area contributed by atoms with Crippen LogP contribution in [0.5, 0.6) is 5.75 Å². The van der Waals surface area contributed by atoms with E-state index < -0.39 is 28.4 Å². The minimum atomic E-state index is -3.86. The summed E-state index contributed by atoms with van der Waals surface area (Å²) < 4.78 is 42.1. The molecule has 2 rings (SSSR count). The number of halogens is 1. The Bertz CT molecular complexity index is 806. The van der Waals surface area contributed by atoms with E-state index in [1.165, 1.54) is 36.4 Å². The number of carbonyl (C=O) groups excluding carboxylic acids is 1. The van der Waals surface area contributed by atoms with Crippen LogP contribution >= 0.6 is 0 Å². The first-order valence-electron chi connectivity index (χ1n) is 7.68. The van der Waals surface area contributed by atoms with E-state index in [2.05, 4.69) is 5.43 Å². The molecule has 6 nitrogen and oxygen atoms in total. The second-order valence-corrected chi connectivity index (χ2v) is 6.97. The van der Waals surface area contributed by atoms with Crippen molar-refractivity contribution in [3.05, 3.63) is 59.9 Å². The third kappa shape index (κ3) is 5.84. The molecule has 0 fully saturated rings.